The highest BCUT2D eigenvalue weighted by molar-refractivity contribution is 5.89. The normalized spacial score (nSPS) is 24.7. The molecule has 4 rings (SSSR count). The summed E-state index contributed by atoms with van der Waals surface area (Å²) >= 11 is 0. The molecule has 0 aliphatic carbocycles. The summed E-state index contributed by atoms with van der Waals surface area (Å²) in [5.41, 5.74) is 0.781. The zero-order chi connectivity index (χ0) is 41.9. The summed E-state index contributed by atoms with van der Waals surface area (Å²) in [6, 6.07) is 18.2. The Morgan fingerprint density at radius 3 is 2.35 bits per heavy atom. The molecule has 2 aromatic carbocycles. The number of likely N-dealkylation sites (N-methyl/N-ethyl adjacent to an activating group) is 1. The standard InChI is InChI=1S/C45H66N2O10/c1-12-19-37(52-28-33-20-15-13-16-21-33)35(27-48)46-26-29(2)25-45(8,51-11)40(31(4)38-32(5)41(49)57-44(6,7)56-38)55-43-39(36(47(9)10)24-30(3)53-43)54-42(50)34-22-17-14-18-23-34/h12-18,20-23,29-31,35-37,39-40,43,46,48H,1,19,24-28H2,2-11H3/t29?,30-,31?,35?,36+,37?,39-,40?,43+,45?/m1/s1. The van der Waals surface area contributed by atoms with Crippen LogP contribution in [0.25, 0.3) is 0 Å². The Morgan fingerprint density at radius 1 is 1.11 bits per heavy atom. The van der Waals surface area contributed by atoms with E-state index in [-0.39, 0.29) is 36.8 Å². The zero-order valence-corrected chi connectivity index (χ0v) is 35.6. The van der Waals surface area contributed by atoms with E-state index in [1.54, 1.807) is 58.2 Å². The largest absolute Gasteiger partial charge is 0.456 e. The van der Waals surface area contributed by atoms with Crippen molar-refractivity contribution >= 4 is 11.9 Å². The van der Waals surface area contributed by atoms with E-state index in [9.17, 15) is 14.7 Å². The van der Waals surface area contributed by atoms with Gasteiger partial charge in [-0.1, -0.05) is 68.5 Å². The quantitative estimate of drug-likeness (QED) is 0.107. The molecule has 0 spiro atoms. The van der Waals surface area contributed by atoms with Crippen molar-refractivity contribution in [2.45, 2.75) is 129 Å². The number of hydrogen-bond donors (Lipinski definition) is 2. The van der Waals surface area contributed by atoms with E-state index >= 15 is 0 Å². The van der Waals surface area contributed by atoms with Crippen molar-refractivity contribution in [1.82, 2.24) is 10.2 Å². The molecule has 2 N–H and O–H groups in total. The lowest BCUT2D eigenvalue weighted by atomic mass is 9.80. The van der Waals surface area contributed by atoms with E-state index in [0.29, 0.717) is 49.3 Å². The van der Waals surface area contributed by atoms with Gasteiger partial charge in [-0.3, -0.25) is 0 Å². The number of cyclic esters (lactones) is 1. The smallest absolute Gasteiger partial charge is 0.340 e. The van der Waals surface area contributed by atoms with Gasteiger partial charge in [0.25, 0.3) is 0 Å². The lowest BCUT2D eigenvalue weighted by Crippen LogP contribution is -2.59. The molecule has 6 unspecified atom stereocenters. The first kappa shape index (κ1) is 46.1. The summed E-state index contributed by atoms with van der Waals surface area (Å²) in [4.78, 5) is 28.8. The number of nitrogens with zero attached hydrogens (tertiary/aromatic N) is 1. The highest BCUT2D eigenvalue weighted by Crippen LogP contribution is 2.41. The summed E-state index contributed by atoms with van der Waals surface area (Å²) in [7, 11) is 5.53. The molecule has 2 aliphatic rings. The molecular formula is C45H66N2O10. The fraction of sp³-hybridized carbons (Fsp3) is 0.600. The lowest BCUT2D eigenvalue weighted by Gasteiger charge is -2.48. The average Bonchev–Trinajstić information content (AvgIpc) is 3.18. The number of hydrogen-bond acceptors (Lipinski definition) is 12. The van der Waals surface area contributed by atoms with E-state index in [2.05, 4.69) is 18.8 Å². The van der Waals surface area contributed by atoms with Gasteiger partial charge in [0.2, 0.25) is 5.79 Å². The minimum Gasteiger partial charge on any atom is -0.456 e. The van der Waals surface area contributed by atoms with Crippen molar-refractivity contribution in [2.75, 3.05) is 34.4 Å². The summed E-state index contributed by atoms with van der Waals surface area (Å²) in [5.74, 6) is -2.33. The van der Waals surface area contributed by atoms with Crippen LogP contribution in [-0.4, -0.2) is 110 Å². The highest BCUT2D eigenvalue weighted by Gasteiger charge is 2.50. The van der Waals surface area contributed by atoms with Gasteiger partial charge in [0, 0.05) is 26.9 Å². The van der Waals surface area contributed by atoms with Crippen LogP contribution in [0.4, 0.5) is 0 Å². The van der Waals surface area contributed by atoms with Gasteiger partial charge in [0.15, 0.2) is 12.4 Å². The number of nitrogens with one attached hydrogen (secondary N) is 1. The fourth-order valence-corrected chi connectivity index (χ4v) is 7.84. The molecule has 0 aromatic heterocycles. The molecule has 1 fully saturated rings. The molecule has 0 radical (unpaired) electrons. The van der Waals surface area contributed by atoms with Gasteiger partial charge >= 0.3 is 11.9 Å². The van der Waals surface area contributed by atoms with Crippen LogP contribution in [0.3, 0.4) is 0 Å². The minimum atomic E-state index is -1.21. The molecule has 12 nitrogen and oxygen atoms in total. The van der Waals surface area contributed by atoms with Gasteiger partial charge in [0.05, 0.1) is 60.3 Å². The highest BCUT2D eigenvalue weighted by atomic mass is 16.7. The molecule has 0 amide bonds. The number of esters is 2. The Kier molecular flexibility index (Phi) is 16.9. The third-order valence-electron chi connectivity index (χ3n) is 10.9. The summed E-state index contributed by atoms with van der Waals surface area (Å²) in [5, 5.41) is 14.0. The Morgan fingerprint density at radius 2 is 1.75 bits per heavy atom. The molecule has 316 valence electrons. The van der Waals surface area contributed by atoms with E-state index in [1.807, 2.05) is 76.2 Å². The number of aliphatic hydroxyl groups excluding tert-OH is 1. The van der Waals surface area contributed by atoms with Gasteiger partial charge in [-0.05, 0) is 84.3 Å². The second-order valence-electron chi connectivity index (χ2n) is 16.4. The fourth-order valence-electron chi connectivity index (χ4n) is 7.84. The Bertz CT molecular complexity index is 1620. The topological polar surface area (TPSA) is 134 Å². The van der Waals surface area contributed by atoms with Crippen LogP contribution in [0.2, 0.25) is 0 Å². The van der Waals surface area contributed by atoms with Crippen LogP contribution in [0.5, 0.6) is 0 Å². The number of rotatable bonds is 21. The maximum absolute atomic E-state index is 13.6. The van der Waals surface area contributed by atoms with Crippen LogP contribution in [0.1, 0.15) is 83.7 Å². The van der Waals surface area contributed by atoms with Gasteiger partial charge in [-0.25, -0.2) is 9.59 Å². The van der Waals surface area contributed by atoms with Crippen molar-refractivity contribution in [3.05, 3.63) is 95.8 Å². The van der Waals surface area contributed by atoms with Gasteiger partial charge < -0.3 is 48.5 Å². The van der Waals surface area contributed by atoms with Crippen LogP contribution >= 0.6 is 0 Å². The van der Waals surface area contributed by atoms with Crippen molar-refractivity contribution < 1.29 is 47.9 Å². The van der Waals surface area contributed by atoms with E-state index in [1.165, 1.54) is 0 Å². The number of benzene rings is 2. The second-order valence-corrected chi connectivity index (χ2v) is 16.4. The van der Waals surface area contributed by atoms with Gasteiger partial charge in [-0.2, -0.15) is 0 Å². The third-order valence-corrected chi connectivity index (χ3v) is 10.9. The molecule has 10 atom stereocenters. The van der Waals surface area contributed by atoms with Crippen LogP contribution in [-0.2, 0) is 44.6 Å². The van der Waals surface area contributed by atoms with Crippen molar-refractivity contribution in [1.29, 1.82) is 0 Å². The molecule has 0 saturated carbocycles. The summed E-state index contributed by atoms with van der Waals surface area (Å²) < 4.78 is 44.5. The number of aliphatic hydroxyl groups is 1. The molecule has 1 saturated heterocycles. The molecule has 2 heterocycles. The zero-order valence-electron chi connectivity index (χ0n) is 35.6. The Labute approximate surface area is 339 Å². The first-order valence-corrected chi connectivity index (χ1v) is 20.0. The molecule has 2 aliphatic heterocycles. The monoisotopic (exact) mass is 794 g/mol. The second kappa shape index (κ2) is 20.9. The van der Waals surface area contributed by atoms with Crippen molar-refractivity contribution in [2.24, 2.45) is 11.8 Å². The summed E-state index contributed by atoms with van der Waals surface area (Å²) in [6.45, 7) is 17.8. The summed E-state index contributed by atoms with van der Waals surface area (Å²) in [6.07, 6.45) is 0.292. The lowest BCUT2D eigenvalue weighted by molar-refractivity contribution is -0.298. The Balaban J connectivity index is 1.65. The van der Waals surface area contributed by atoms with Crippen LogP contribution in [0.15, 0.2) is 84.7 Å². The van der Waals surface area contributed by atoms with E-state index in [4.69, 9.17) is 33.2 Å². The number of methoxy groups -OCH3 is 1. The molecule has 12 heteroatoms. The molecule has 2 aromatic rings. The maximum Gasteiger partial charge on any atom is 0.340 e. The number of carbonyl (C=O) groups excluding carboxylic acids is 2. The third kappa shape index (κ3) is 12.4. The first-order valence-electron chi connectivity index (χ1n) is 20.0. The minimum absolute atomic E-state index is 0.0167. The maximum atomic E-state index is 13.6. The molecule has 57 heavy (non-hydrogen) atoms. The van der Waals surface area contributed by atoms with Crippen LogP contribution < -0.4 is 5.32 Å². The number of carbonyl (C=O) groups is 2. The Hall–Kier alpha value is -3.62. The SMILES string of the molecule is C=CCC(OCc1ccccc1)C(CO)NCC(C)CC(C)(OC)C(O[C@@H]1O[C@H](C)C[C@H](N(C)C)[C@H]1OC(=O)c1ccccc1)C(C)C1=C(C)C(=O)OC(C)(C)O1. The average molecular weight is 795 g/mol. The van der Waals surface area contributed by atoms with Crippen molar-refractivity contribution in [3.8, 4) is 0 Å². The predicted octanol–water partition coefficient (Wildman–Crippen LogP) is 6.43. The molecule has 0 bridgehead atoms. The van der Waals surface area contributed by atoms with Gasteiger partial charge in [0.1, 0.15) is 5.76 Å². The van der Waals surface area contributed by atoms with Crippen molar-refractivity contribution in [3.63, 3.8) is 0 Å². The number of ether oxygens (including phenoxy) is 7. The molecular weight excluding hydrogens is 728 g/mol. The van der Waals surface area contributed by atoms with Crippen LogP contribution in [0, 0.1) is 11.8 Å². The predicted molar refractivity (Wildman–Crippen MR) is 218 cm³/mol. The van der Waals surface area contributed by atoms with E-state index < -0.39 is 47.7 Å². The van der Waals surface area contributed by atoms with Gasteiger partial charge in [-0.15, -0.1) is 6.58 Å². The first-order chi connectivity index (χ1) is 27.0. The van der Waals surface area contributed by atoms with E-state index in [0.717, 1.165) is 5.56 Å².